The second-order valence-electron chi connectivity index (χ2n) is 1.15. The van der Waals surface area contributed by atoms with Gasteiger partial charge in [-0.25, -0.2) is 9.78 Å². The fourth-order valence-electron chi connectivity index (χ4n) is 0.310. The van der Waals surface area contributed by atoms with Crippen molar-refractivity contribution in [2.24, 2.45) is 0 Å². The molecule has 11 heavy (non-hydrogen) atoms. The summed E-state index contributed by atoms with van der Waals surface area (Å²) in [5, 5.41) is 0. The maximum absolute atomic E-state index is 10.1. The molecule has 0 unspecified atom stereocenters. The molecule has 0 fully saturated rings. The van der Waals surface area contributed by atoms with Crippen LogP contribution in [-0.2, 0) is 3.84 Å². The largest absolute Gasteiger partial charge is 0.344 e. The van der Waals surface area contributed by atoms with Gasteiger partial charge in [0.2, 0.25) is 0 Å². The quantitative estimate of drug-likeness (QED) is 0.700. The Morgan fingerprint density at radius 3 is 2.27 bits per heavy atom. The minimum atomic E-state index is -0.303. The van der Waals surface area contributed by atoms with Crippen molar-refractivity contribution in [1.82, 2.24) is 9.97 Å². The van der Waals surface area contributed by atoms with Gasteiger partial charge in [0.05, 0.1) is 23.7 Å². The van der Waals surface area contributed by atoms with E-state index in [4.69, 9.17) is 0 Å². The van der Waals surface area contributed by atoms with Crippen molar-refractivity contribution in [1.29, 1.82) is 0 Å². The monoisotopic (exact) mass is 262 g/mol. The summed E-state index contributed by atoms with van der Waals surface area (Å²) in [6.07, 6.45) is 2.98. The third kappa shape index (κ3) is 9.94. The molecule has 0 saturated heterocycles. The molecule has 1 aromatic rings. The number of halogens is 2. The van der Waals surface area contributed by atoms with Crippen molar-refractivity contribution in [2.75, 3.05) is 0 Å². The Hall–Kier alpha value is -0.0605. The predicted octanol–water partition coefficient (Wildman–Crippen LogP) is 0.700. The van der Waals surface area contributed by atoms with Gasteiger partial charge in [0.1, 0.15) is 0 Å². The molecule has 7 heteroatoms. The second-order valence-corrected chi connectivity index (χ2v) is 1.61. The van der Waals surface area contributed by atoms with Crippen LogP contribution < -0.4 is 5.69 Å². The van der Waals surface area contributed by atoms with Gasteiger partial charge in [-0.15, -0.1) is 0 Å². The molecule has 1 N–H and O–H groups in total. The zero-order chi connectivity index (χ0) is 7.82. The molecular weight excluding hydrogens is 258 g/mol. The summed E-state index contributed by atoms with van der Waals surface area (Å²) in [7, 11) is 0. The second kappa shape index (κ2) is 9.94. The Kier molecular flexibility index (Phi) is 12.2. The number of rotatable bonds is 0. The van der Waals surface area contributed by atoms with Crippen LogP contribution in [0, 0.1) is 0 Å². The molecule has 1 aromatic heterocycles. The van der Waals surface area contributed by atoms with E-state index in [1.807, 2.05) is 0 Å². The van der Waals surface area contributed by atoms with Gasteiger partial charge in [0.25, 0.3) is 0 Å². The molecule has 0 aliphatic rings. The number of nitrogens with zero attached hydrogens (tertiary/aromatic N) is 1. The Morgan fingerprint density at radius 1 is 1.55 bits per heavy atom. The zero-order valence-electron chi connectivity index (χ0n) is 5.16. The van der Waals surface area contributed by atoms with Crippen LogP contribution in [0.25, 0.3) is 0 Å². The van der Waals surface area contributed by atoms with E-state index in [2.05, 4.69) is 37.5 Å². The average molecular weight is 262 g/mol. The van der Waals surface area contributed by atoms with Crippen LogP contribution in [0.1, 0.15) is 0 Å². The van der Waals surface area contributed by atoms with E-state index >= 15 is 0 Å². The van der Waals surface area contributed by atoms with E-state index in [1.54, 1.807) is 6.07 Å². The molecule has 0 aliphatic carbocycles. The number of aromatic nitrogens is 2. The van der Waals surface area contributed by atoms with Crippen molar-refractivity contribution >= 4 is 40.8 Å². The first-order valence-electron chi connectivity index (χ1n) is 2.20. The van der Waals surface area contributed by atoms with Gasteiger partial charge in [-0.05, 0) is 6.07 Å². The van der Waals surface area contributed by atoms with Crippen LogP contribution >= 0.6 is 23.7 Å². The third-order valence-corrected chi connectivity index (χ3v) is 0.581. The fraction of sp³-hybridized carbons (Fsp3) is 0. The van der Waals surface area contributed by atoms with Gasteiger partial charge < -0.3 is 4.98 Å². The van der Waals surface area contributed by atoms with Gasteiger partial charge in [0, 0.05) is 29.5 Å². The Morgan fingerprint density at radius 2 is 2.09 bits per heavy atom. The Bertz CT molecular complexity index is 202. The fourth-order valence-corrected chi connectivity index (χ4v) is 0.310. The first kappa shape index (κ1) is 13.5. The maximum Gasteiger partial charge on any atom is 0.344 e. The summed E-state index contributed by atoms with van der Waals surface area (Å²) in [5.74, 6) is 0. The molecule has 0 saturated carbocycles. The van der Waals surface area contributed by atoms with Crippen molar-refractivity contribution in [3.63, 3.8) is 0 Å². The molecule has 0 bridgehead atoms. The Balaban J connectivity index is 0. The van der Waals surface area contributed by atoms with Crippen LogP contribution in [0.5, 0.6) is 0 Å². The van der Waals surface area contributed by atoms with E-state index in [-0.39, 0.29) is 22.8 Å². The van der Waals surface area contributed by atoms with Gasteiger partial charge in [-0.2, -0.15) is 3.84 Å². The van der Waals surface area contributed by atoms with Crippen molar-refractivity contribution in [2.45, 2.75) is 0 Å². The molecule has 0 amide bonds. The minimum Gasteiger partial charge on any atom is -0.313 e. The van der Waals surface area contributed by atoms with Gasteiger partial charge in [-0.3, -0.25) is 0 Å². The van der Waals surface area contributed by atoms with Gasteiger partial charge in [0.15, 0.2) is 0 Å². The van der Waals surface area contributed by atoms with E-state index in [0.717, 1.165) is 0 Å². The molecule has 2 radical (unpaired) electrons. The zero-order valence-corrected chi connectivity index (χ0v) is 8.38. The molecule has 62 valence electrons. The van der Waals surface area contributed by atoms with Crippen molar-refractivity contribution < 1.29 is 3.84 Å². The van der Waals surface area contributed by atoms with Crippen molar-refractivity contribution in [3.05, 3.63) is 28.9 Å². The summed E-state index contributed by atoms with van der Waals surface area (Å²) < 4.78 is 3.19. The van der Waals surface area contributed by atoms with Crippen LogP contribution in [0.15, 0.2) is 23.3 Å². The van der Waals surface area contributed by atoms with E-state index in [9.17, 15) is 4.79 Å². The number of aromatic amines is 1. The molecule has 1 rings (SSSR count). The molecule has 4 nitrogen and oxygen atoms in total. The summed E-state index contributed by atoms with van der Waals surface area (Å²) in [6, 6.07) is 1.65. The topological polar surface area (TPSA) is 55.0 Å². The molecular formula is C4H4Cl2N2O2Se. The van der Waals surface area contributed by atoms with E-state index in [0.29, 0.717) is 0 Å². The summed E-state index contributed by atoms with van der Waals surface area (Å²) in [4.78, 5) is 15.8. The van der Waals surface area contributed by atoms with Crippen molar-refractivity contribution in [3.8, 4) is 0 Å². The maximum atomic E-state index is 10.1. The van der Waals surface area contributed by atoms with E-state index < -0.39 is 0 Å². The van der Waals surface area contributed by atoms with Gasteiger partial charge >= 0.3 is 5.69 Å². The van der Waals surface area contributed by atoms with Crippen LogP contribution in [0.4, 0.5) is 0 Å². The predicted molar refractivity (Wildman–Crippen MR) is 43.4 cm³/mol. The average Bonchev–Trinajstić information content (AvgIpc) is 1.91. The van der Waals surface area contributed by atoms with Crippen LogP contribution in [0.3, 0.4) is 0 Å². The summed E-state index contributed by atoms with van der Waals surface area (Å²) in [6.45, 7) is 0. The van der Waals surface area contributed by atoms with Gasteiger partial charge in [-0.1, -0.05) is 0 Å². The standard InChI is InChI=1S/C4H4N2O.Cl2O.Se/c7-4-5-2-1-3-6-4;1-3-2;/h1-3H,(H,5,6,7);;. The van der Waals surface area contributed by atoms with Crippen LogP contribution in [-0.4, -0.2) is 27.0 Å². The minimum absolute atomic E-state index is 0. The normalized spacial score (nSPS) is 7.09. The molecule has 0 spiro atoms. The smallest absolute Gasteiger partial charge is 0.313 e. The summed E-state index contributed by atoms with van der Waals surface area (Å²) in [5.41, 5.74) is -0.303. The third-order valence-electron chi connectivity index (χ3n) is 0.581. The Labute approximate surface area is 83.7 Å². The SMILES string of the molecule is ClOCl.O=c1nccc[nH]1.[Se]. The first-order chi connectivity index (χ1) is 4.81. The number of nitrogens with one attached hydrogen (secondary N) is 1. The molecule has 0 atom stereocenters. The molecule has 0 aliphatic heterocycles. The number of hydrogen-bond acceptors (Lipinski definition) is 3. The van der Waals surface area contributed by atoms with E-state index in [1.165, 1.54) is 12.4 Å². The first-order valence-corrected chi connectivity index (χ1v) is 2.82. The number of hydrogen-bond donors (Lipinski definition) is 1. The van der Waals surface area contributed by atoms with Crippen LogP contribution in [0.2, 0.25) is 0 Å². The molecule has 1 heterocycles. The summed E-state index contributed by atoms with van der Waals surface area (Å²) >= 11 is 8.53. The number of H-pyrrole nitrogens is 1. The molecule has 0 aromatic carbocycles.